The van der Waals surface area contributed by atoms with Crippen LogP contribution in [0.5, 0.6) is 0 Å². The number of aryl methyl sites for hydroxylation is 2. The van der Waals surface area contributed by atoms with Crippen molar-refractivity contribution in [2.75, 3.05) is 26.4 Å². The summed E-state index contributed by atoms with van der Waals surface area (Å²) >= 11 is 0. The molecule has 0 amide bonds. The van der Waals surface area contributed by atoms with Gasteiger partial charge < -0.3 is 15.2 Å². The van der Waals surface area contributed by atoms with Crippen molar-refractivity contribution in [1.82, 2.24) is 14.5 Å². The Morgan fingerprint density at radius 1 is 1.35 bits per heavy atom. The molecule has 92 valence electrons. The minimum atomic E-state index is 0.774. The first kappa shape index (κ1) is 11.9. The molecule has 0 bridgehead atoms. The molecule has 17 heavy (non-hydrogen) atoms. The van der Waals surface area contributed by atoms with Gasteiger partial charge in [-0.3, -0.25) is 0 Å². The number of nitrogen functional groups attached to an aromatic ring is 1. The molecule has 0 unspecified atom stereocenters. The van der Waals surface area contributed by atoms with Crippen LogP contribution in [0, 0.1) is 6.92 Å². The van der Waals surface area contributed by atoms with Gasteiger partial charge in [-0.15, -0.1) is 0 Å². The average molecular weight is 232 g/mol. The van der Waals surface area contributed by atoms with Crippen LogP contribution in [0.2, 0.25) is 0 Å². The van der Waals surface area contributed by atoms with E-state index in [1.54, 1.807) is 0 Å². The molecule has 4 nitrogen and oxygen atoms in total. The number of nitrogens with two attached hydrogens (primary N) is 1. The molecule has 1 heterocycles. The summed E-state index contributed by atoms with van der Waals surface area (Å²) in [5, 5.41) is 0. The molecule has 0 saturated carbocycles. The van der Waals surface area contributed by atoms with E-state index in [1.807, 2.05) is 19.1 Å². The number of imidazole rings is 1. The molecule has 4 heteroatoms. The molecule has 1 aromatic heterocycles. The van der Waals surface area contributed by atoms with E-state index in [0.29, 0.717) is 0 Å². The molecule has 0 fully saturated rings. The summed E-state index contributed by atoms with van der Waals surface area (Å²) in [6.45, 7) is 4.14. The van der Waals surface area contributed by atoms with Crippen molar-refractivity contribution in [3.63, 3.8) is 0 Å². The van der Waals surface area contributed by atoms with Crippen LogP contribution in [0.1, 0.15) is 12.2 Å². The maximum absolute atomic E-state index is 5.77. The molecule has 2 aromatic rings. The summed E-state index contributed by atoms with van der Waals surface area (Å²) in [5.74, 6) is 1.06. The zero-order valence-corrected chi connectivity index (χ0v) is 10.8. The van der Waals surface area contributed by atoms with Crippen LogP contribution in [0.4, 0.5) is 5.69 Å². The number of aromatic nitrogens is 2. The van der Waals surface area contributed by atoms with Crippen LogP contribution in [0.25, 0.3) is 11.0 Å². The smallest absolute Gasteiger partial charge is 0.106 e. The van der Waals surface area contributed by atoms with Crippen molar-refractivity contribution in [1.29, 1.82) is 0 Å². The van der Waals surface area contributed by atoms with Crippen molar-refractivity contribution >= 4 is 16.7 Å². The number of nitrogens with zero attached hydrogens (tertiary/aromatic N) is 3. The summed E-state index contributed by atoms with van der Waals surface area (Å²) < 4.78 is 2.26. The molecule has 2 rings (SSSR count). The Kier molecular flexibility index (Phi) is 3.33. The Bertz CT molecular complexity index is 513. The van der Waals surface area contributed by atoms with E-state index >= 15 is 0 Å². The molecule has 0 atom stereocenters. The second-order valence-electron chi connectivity index (χ2n) is 4.72. The molecule has 2 N–H and O–H groups in total. The lowest BCUT2D eigenvalue weighted by Gasteiger charge is -2.11. The summed E-state index contributed by atoms with van der Waals surface area (Å²) in [4.78, 5) is 6.74. The summed E-state index contributed by atoms with van der Waals surface area (Å²) in [5.41, 5.74) is 8.71. The van der Waals surface area contributed by atoms with E-state index in [4.69, 9.17) is 5.73 Å². The van der Waals surface area contributed by atoms with Crippen LogP contribution in [-0.2, 0) is 6.54 Å². The van der Waals surface area contributed by atoms with Gasteiger partial charge >= 0.3 is 0 Å². The molecule has 0 saturated heterocycles. The second kappa shape index (κ2) is 4.75. The van der Waals surface area contributed by atoms with Gasteiger partial charge in [-0.05, 0) is 52.2 Å². The van der Waals surface area contributed by atoms with E-state index in [1.165, 1.54) is 5.52 Å². The number of rotatable bonds is 4. The van der Waals surface area contributed by atoms with E-state index in [2.05, 4.69) is 34.6 Å². The zero-order chi connectivity index (χ0) is 12.4. The van der Waals surface area contributed by atoms with Crippen molar-refractivity contribution in [2.24, 2.45) is 0 Å². The Balaban J connectivity index is 2.24. The summed E-state index contributed by atoms with van der Waals surface area (Å²) in [6.07, 6.45) is 1.13. The van der Waals surface area contributed by atoms with Crippen molar-refractivity contribution in [3.8, 4) is 0 Å². The number of hydrogen-bond donors (Lipinski definition) is 1. The molecular weight excluding hydrogens is 212 g/mol. The van der Waals surface area contributed by atoms with E-state index in [-0.39, 0.29) is 0 Å². The highest BCUT2D eigenvalue weighted by Crippen LogP contribution is 2.19. The highest BCUT2D eigenvalue weighted by atomic mass is 15.1. The third kappa shape index (κ3) is 2.58. The zero-order valence-electron chi connectivity index (χ0n) is 10.8. The summed E-state index contributed by atoms with van der Waals surface area (Å²) in [6, 6.07) is 5.93. The monoisotopic (exact) mass is 232 g/mol. The third-order valence-electron chi connectivity index (χ3n) is 2.95. The molecular formula is C13H20N4. The minimum absolute atomic E-state index is 0.774. The van der Waals surface area contributed by atoms with Gasteiger partial charge in [-0.25, -0.2) is 4.98 Å². The topological polar surface area (TPSA) is 47.1 Å². The number of hydrogen-bond acceptors (Lipinski definition) is 3. The van der Waals surface area contributed by atoms with Crippen LogP contribution < -0.4 is 5.73 Å². The van der Waals surface area contributed by atoms with Gasteiger partial charge in [-0.2, -0.15) is 0 Å². The molecule has 0 spiro atoms. The lowest BCUT2D eigenvalue weighted by Crippen LogP contribution is -2.15. The van der Waals surface area contributed by atoms with Crippen LogP contribution in [0.3, 0.4) is 0 Å². The number of benzene rings is 1. The third-order valence-corrected chi connectivity index (χ3v) is 2.95. The van der Waals surface area contributed by atoms with E-state index < -0.39 is 0 Å². The van der Waals surface area contributed by atoms with Gasteiger partial charge in [0, 0.05) is 12.2 Å². The fourth-order valence-corrected chi connectivity index (χ4v) is 2.09. The molecule has 0 aliphatic carbocycles. The highest BCUT2D eigenvalue weighted by Gasteiger charge is 2.07. The average Bonchev–Trinajstić information content (AvgIpc) is 2.54. The summed E-state index contributed by atoms with van der Waals surface area (Å²) in [7, 11) is 4.19. The Hall–Kier alpha value is -1.55. The van der Waals surface area contributed by atoms with Crippen LogP contribution in [-0.4, -0.2) is 35.1 Å². The Morgan fingerprint density at radius 2 is 2.12 bits per heavy atom. The predicted octanol–water partition coefficient (Wildman–Crippen LogP) is 1.88. The molecule has 0 aliphatic heterocycles. The first-order valence-corrected chi connectivity index (χ1v) is 5.95. The minimum Gasteiger partial charge on any atom is -0.399 e. The van der Waals surface area contributed by atoms with E-state index in [9.17, 15) is 0 Å². The van der Waals surface area contributed by atoms with Crippen molar-refractivity contribution in [2.45, 2.75) is 19.9 Å². The van der Waals surface area contributed by atoms with Gasteiger partial charge in [-0.1, -0.05) is 0 Å². The van der Waals surface area contributed by atoms with Gasteiger partial charge in [0.05, 0.1) is 11.0 Å². The lowest BCUT2D eigenvalue weighted by molar-refractivity contribution is 0.387. The first-order valence-electron chi connectivity index (χ1n) is 5.95. The van der Waals surface area contributed by atoms with Gasteiger partial charge in [0.1, 0.15) is 5.82 Å². The molecule has 0 aliphatic rings. The van der Waals surface area contributed by atoms with Crippen LogP contribution in [0.15, 0.2) is 18.2 Å². The highest BCUT2D eigenvalue weighted by molar-refractivity contribution is 5.79. The maximum atomic E-state index is 5.77. The number of anilines is 1. The second-order valence-corrected chi connectivity index (χ2v) is 4.72. The SMILES string of the molecule is Cc1nc2cc(N)ccc2n1CCCN(C)C. The molecule has 0 radical (unpaired) electrons. The van der Waals surface area contributed by atoms with Crippen molar-refractivity contribution in [3.05, 3.63) is 24.0 Å². The number of fused-ring (bicyclic) bond motifs is 1. The fraction of sp³-hybridized carbons (Fsp3) is 0.462. The maximum Gasteiger partial charge on any atom is 0.106 e. The Labute approximate surface area is 102 Å². The predicted molar refractivity (Wildman–Crippen MR) is 72.1 cm³/mol. The van der Waals surface area contributed by atoms with E-state index in [0.717, 1.165) is 36.5 Å². The van der Waals surface area contributed by atoms with Crippen LogP contribution >= 0.6 is 0 Å². The fourth-order valence-electron chi connectivity index (χ4n) is 2.09. The quantitative estimate of drug-likeness (QED) is 0.819. The van der Waals surface area contributed by atoms with Gasteiger partial charge in [0.15, 0.2) is 0 Å². The molecule has 1 aromatic carbocycles. The normalized spacial score (nSPS) is 11.5. The van der Waals surface area contributed by atoms with Gasteiger partial charge in [0.25, 0.3) is 0 Å². The first-order chi connectivity index (χ1) is 8.08. The van der Waals surface area contributed by atoms with Gasteiger partial charge in [0.2, 0.25) is 0 Å². The Morgan fingerprint density at radius 3 is 2.82 bits per heavy atom. The largest absolute Gasteiger partial charge is 0.399 e. The lowest BCUT2D eigenvalue weighted by atomic mass is 10.3. The standard InChI is InChI=1S/C13H20N4/c1-10-15-12-9-11(14)5-6-13(12)17(10)8-4-7-16(2)3/h5-6,9H,4,7-8,14H2,1-3H3. The van der Waals surface area contributed by atoms with Crippen molar-refractivity contribution < 1.29 is 0 Å².